The highest BCUT2D eigenvalue weighted by Crippen LogP contribution is 2.27. The zero-order valence-corrected chi connectivity index (χ0v) is 14.4. The number of nitro benzene ring substituents is 1. The number of anilines is 2. The van der Waals surface area contributed by atoms with Gasteiger partial charge in [-0.25, -0.2) is 0 Å². The lowest BCUT2D eigenvalue weighted by molar-refractivity contribution is -0.385. The number of nitrogens with zero attached hydrogens (tertiary/aromatic N) is 1. The van der Waals surface area contributed by atoms with Crippen LogP contribution in [0, 0.1) is 17.0 Å². The number of rotatable bonds is 5. The second kappa shape index (κ2) is 7.76. The Labute approximate surface area is 149 Å². The Morgan fingerprint density at radius 2 is 1.92 bits per heavy atom. The van der Waals surface area contributed by atoms with Crippen molar-refractivity contribution in [2.24, 2.45) is 0 Å². The van der Waals surface area contributed by atoms with Gasteiger partial charge in [-0.05, 0) is 31.2 Å². The smallest absolute Gasteiger partial charge is 0.273 e. The fourth-order valence-corrected chi connectivity index (χ4v) is 2.37. The van der Waals surface area contributed by atoms with Crippen molar-refractivity contribution in [3.05, 3.63) is 62.7 Å². The summed E-state index contributed by atoms with van der Waals surface area (Å²) in [5.74, 6) is -0.698. The van der Waals surface area contributed by atoms with Crippen LogP contribution in [0.4, 0.5) is 17.1 Å². The van der Waals surface area contributed by atoms with E-state index in [2.05, 4.69) is 10.6 Å². The monoisotopic (exact) mass is 361 g/mol. The van der Waals surface area contributed by atoms with Gasteiger partial charge < -0.3 is 10.6 Å². The highest BCUT2D eigenvalue weighted by molar-refractivity contribution is 6.34. The van der Waals surface area contributed by atoms with Crippen molar-refractivity contribution in [1.82, 2.24) is 0 Å². The summed E-state index contributed by atoms with van der Waals surface area (Å²) in [6, 6.07) is 8.96. The normalized spacial score (nSPS) is 10.2. The number of nitrogens with one attached hydrogen (secondary N) is 2. The number of nitro groups is 1. The minimum atomic E-state index is -0.542. The first-order valence-electron chi connectivity index (χ1n) is 7.48. The first kappa shape index (κ1) is 18.4. The molecular weight excluding hydrogens is 346 g/mol. The first-order chi connectivity index (χ1) is 11.8. The van der Waals surface area contributed by atoms with Crippen LogP contribution >= 0.6 is 11.6 Å². The van der Waals surface area contributed by atoms with E-state index in [1.807, 2.05) is 0 Å². The van der Waals surface area contributed by atoms with Crippen LogP contribution in [0.5, 0.6) is 0 Å². The molecule has 0 saturated carbocycles. The van der Waals surface area contributed by atoms with Gasteiger partial charge in [0.1, 0.15) is 0 Å². The Balaban J connectivity index is 2.29. The molecule has 2 aromatic rings. The third-order valence-corrected chi connectivity index (χ3v) is 3.90. The standard InChI is InChI=1S/C17H16ClN3O4/c1-3-16(22)19-11-7-8-13(18)14(9-11)20-17(23)12-5-4-6-15(10(12)2)21(24)25/h4-9H,3H2,1-2H3,(H,19,22)(H,20,23). The summed E-state index contributed by atoms with van der Waals surface area (Å²) in [7, 11) is 0. The molecule has 130 valence electrons. The second-order valence-electron chi connectivity index (χ2n) is 5.26. The number of carbonyl (C=O) groups is 2. The second-order valence-corrected chi connectivity index (χ2v) is 5.66. The van der Waals surface area contributed by atoms with E-state index in [4.69, 9.17) is 11.6 Å². The molecule has 2 N–H and O–H groups in total. The van der Waals surface area contributed by atoms with Gasteiger partial charge in [-0.15, -0.1) is 0 Å². The van der Waals surface area contributed by atoms with E-state index in [1.165, 1.54) is 31.2 Å². The van der Waals surface area contributed by atoms with Crippen LogP contribution in [0.2, 0.25) is 5.02 Å². The van der Waals surface area contributed by atoms with E-state index in [0.717, 1.165) is 0 Å². The average Bonchev–Trinajstić information content (AvgIpc) is 2.57. The van der Waals surface area contributed by atoms with Crippen LogP contribution < -0.4 is 10.6 Å². The minimum Gasteiger partial charge on any atom is -0.326 e. The predicted molar refractivity (Wildman–Crippen MR) is 96.2 cm³/mol. The fraction of sp³-hybridized carbons (Fsp3) is 0.176. The molecule has 8 heteroatoms. The van der Waals surface area contributed by atoms with E-state index in [-0.39, 0.29) is 27.7 Å². The molecule has 0 fully saturated rings. The summed E-state index contributed by atoms with van der Waals surface area (Å²) in [6.45, 7) is 3.23. The number of hydrogen-bond acceptors (Lipinski definition) is 4. The van der Waals surface area contributed by atoms with E-state index in [1.54, 1.807) is 19.1 Å². The highest BCUT2D eigenvalue weighted by atomic mass is 35.5. The van der Waals surface area contributed by atoms with Crippen molar-refractivity contribution in [1.29, 1.82) is 0 Å². The lowest BCUT2D eigenvalue weighted by atomic mass is 10.1. The number of halogens is 1. The molecular formula is C17H16ClN3O4. The number of amides is 2. The highest BCUT2D eigenvalue weighted by Gasteiger charge is 2.18. The van der Waals surface area contributed by atoms with Gasteiger partial charge in [0.2, 0.25) is 5.91 Å². The molecule has 0 aromatic heterocycles. The summed E-state index contributed by atoms with van der Waals surface area (Å²) >= 11 is 6.08. The Morgan fingerprint density at radius 3 is 2.56 bits per heavy atom. The van der Waals surface area contributed by atoms with Gasteiger partial charge in [-0.3, -0.25) is 19.7 Å². The SMILES string of the molecule is CCC(=O)Nc1ccc(Cl)c(NC(=O)c2cccc([N+](=O)[O-])c2C)c1. The Morgan fingerprint density at radius 1 is 1.20 bits per heavy atom. The van der Waals surface area contributed by atoms with Gasteiger partial charge in [0.15, 0.2) is 0 Å². The fourth-order valence-electron chi connectivity index (χ4n) is 2.21. The van der Waals surface area contributed by atoms with Crippen LogP contribution in [0.25, 0.3) is 0 Å². The molecule has 0 aliphatic heterocycles. The summed E-state index contributed by atoms with van der Waals surface area (Å²) in [6.07, 6.45) is 0.317. The summed E-state index contributed by atoms with van der Waals surface area (Å²) in [5, 5.41) is 16.6. The van der Waals surface area contributed by atoms with E-state index in [0.29, 0.717) is 17.8 Å². The zero-order valence-electron chi connectivity index (χ0n) is 13.6. The van der Waals surface area contributed by atoms with Crippen molar-refractivity contribution in [2.45, 2.75) is 20.3 Å². The maximum atomic E-state index is 12.5. The molecule has 7 nitrogen and oxygen atoms in total. The maximum absolute atomic E-state index is 12.5. The molecule has 0 atom stereocenters. The van der Waals surface area contributed by atoms with Crippen molar-refractivity contribution in [2.75, 3.05) is 10.6 Å². The van der Waals surface area contributed by atoms with Gasteiger partial charge in [0, 0.05) is 29.3 Å². The van der Waals surface area contributed by atoms with Crippen molar-refractivity contribution < 1.29 is 14.5 Å². The Bertz CT molecular complexity index is 852. The van der Waals surface area contributed by atoms with E-state index < -0.39 is 10.8 Å². The average molecular weight is 362 g/mol. The minimum absolute atomic E-state index is 0.136. The molecule has 0 heterocycles. The molecule has 2 aromatic carbocycles. The van der Waals surface area contributed by atoms with Crippen LogP contribution in [-0.2, 0) is 4.79 Å². The predicted octanol–water partition coefficient (Wildman–Crippen LogP) is 4.16. The largest absolute Gasteiger partial charge is 0.326 e. The number of benzene rings is 2. The van der Waals surface area contributed by atoms with Crippen LogP contribution in [0.3, 0.4) is 0 Å². The summed E-state index contributed by atoms with van der Waals surface area (Å²) in [5.41, 5.74) is 1.08. The first-order valence-corrected chi connectivity index (χ1v) is 7.86. The molecule has 2 amide bonds. The summed E-state index contributed by atoms with van der Waals surface area (Å²) in [4.78, 5) is 34.4. The van der Waals surface area contributed by atoms with E-state index >= 15 is 0 Å². The molecule has 0 bridgehead atoms. The van der Waals surface area contributed by atoms with Gasteiger partial charge >= 0.3 is 0 Å². The molecule has 2 rings (SSSR count). The molecule has 25 heavy (non-hydrogen) atoms. The summed E-state index contributed by atoms with van der Waals surface area (Å²) < 4.78 is 0. The zero-order chi connectivity index (χ0) is 18.6. The number of carbonyl (C=O) groups excluding carboxylic acids is 2. The van der Waals surface area contributed by atoms with Crippen molar-refractivity contribution in [3.63, 3.8) is 0 Å². The van der Waals surface area contributed by atoms with E-state index in [9.17, 15) is 19.7 Å². The van der Waals surface area contributed by atoms with Crippen LogP contribution in [0.1, 0.15) is 29.3 Å². The molecule has 0 aliphatic carbocycles. The van der Waals surface area contributed by atoms with Crippen molar-refractivity contribution in [3.8, 4) is 0 Å². The van der Waals surface area contributed by atoms with Gasteiger partial charge in [0.05, 0.1) is 15.6 Å². The number of hydrogen-bond donors (Lipinski definition) is 2. The van der Waals surface area contributed by atoms with Gasteiger partial charge in [-0.1, -0.05) is 24.6 Å². The maximum Gasteiger partial charge on any atom is 0.273 e. The van der Waals surface area contributed by atoms with Crippen molar-refractivity contribution >= 4 is 40.5 Å². The Kier molecular flexibility index (Phi) is 5.71. The lowest BCUT2D eigenvalue weighted by Gasteiger charge is -2.11. The molecule has 0 spiro atoms. The molecule has 0 radical (unpaired) electrons. The van der Waals surface area contributed by atoms with Crippen LogP contribution in [-0.4, -0.2) is 16.7 Å². The van der Waals surface area contributed by atoms with Crippen LogP contribution in [0.15, 0.2) is 36.4 Å². The third kappa shape index (κ3) is 4.33. The molecule has 0 unspecified atom stereocenters. The Hall–Kier alpha value is -2.93. The quantitative estimate of drug-likeness (QED) is 0.616. The third-order valence-electron chi connectivity index (χ3n) is 3.57. The molecule has 0 aliphatic rings. The molecule has 0 saturated heterocycles. The van der Waals surface area contributed by atoms with Gasteiger partial charge in [0.25, 0.3) is 11.6 Å². The lowest BCUT2D eigenvalue weighted by Crippen LogP contribution is -2.15. The van der Waals surface area contributed by atoms with Gasteiger partial charge in [-0.2, -0.15) is 0 Å². The topological polar surface area (TPSA) is 101 Å².